The molecule has 0 amide bonds. The topological polar surface area (TPSA) is 41.5 Å². The molecule has 0 aliphatic rings. The van der Waals surface area contributed by atoms with Gasteiger partial charge in [0.1, 0.15) is 0 Å². The number of benzene rings is 1. The van der Waals surface area contributed by atoms with E-state index < -0.39 is 6.10 Å². The van der Waals surface area contributed by atoms with Crippen LogP contribution in [0.4, 0.5) is 5.69 Å². The summed E-state index contributed by atoms with van der Waals surface area (Å²) in [5.41, 5.74) is 2.34. The predicted octanol–water partition coefficient (Wildman–Crippen LogP) is 3.86. The molecule has 1 unspecified atom stereocenters. The van der Waals surface area contributed by atoms with Crippen molar-refractivity contribution in [2.75, 3.05) is 18.5 Å². The SMILES string of the molecule is CC(C)c1cccc(NCC(O)COCc2cccs2)c1. The molecule has 2 rings (SSSR count). The van der Waals surface area contributed by atoms with Crippen LogP contribution < -0.4 is 5.32 Å². The zero-order valence-electron chi connectivity index (χ0n) is 12.6. The van der Waals surface area contributed by atoms with Crippen LogP contribution >= 0.6 is 11.3 Å². The van der Waals surface area contributed by atoms with Crippen molar-refractivity contribution in [3.05, 3.63) is 52.2 Å². The van der Waals surface area contributed by atoms with E-state index in [2.05, 4.69) is 31.3 Å². The summed E-state index contributed by atoms with van der Waals surface area (Å²) in [5.74, 6) is 0.505. The summed E-state index contributed by atoms with van der Waals surface area (Å²) in [5, 5.41) is 15.2. The smallest absolute Gasteiger partial charge is 0.0945 e. The molecule has 0 radical (unpaired) electrons. The maximum absolute atomic E-state index is 9.93. The summed E-state index contributed by atoms with van der Waals surface area (Å²) < 4.78 is 5.51. The molecule has 0 fully saturated rings. The van der Waals surface area contributed by atoms with Crippen molar-refractivity contribution in [2.24, 2.45) is 0 Å². The fraction of sp³-hybridized carbons (Fsp3) is 0.412. The Morgan fingerprint density at radius 3 is 2.81 bits per heavy atom. The first-order valence-electron chi connectivity index (χ1n) is 7.27. The Morgan fingerprint density at radius 1 is 1.24 bits per heavy atom. The van der Waals surface area contributed by atoms with Gasteiger partial charge in [0.15, 0.2) is 0 Å². The molecule has 0 spiro atoms. The van der Waals surface area contributed by atoms with Gasteiger partial charge >= 0.3 is 0 Å². The van der Waals surface area contributed by atoms with Crippen LogP contribution in [0.2, 0.25) is 0 Å². The third-order valence-corrected chi connectivity index (χ3v) is 4.08. The summed E-state index contributed by atoms with van der Waals surface area (Å²) in [6, 6.07) is 12.3. The Bertz CT molecular complexity index is 525. The van der Waals surface area contributed by atoms with E-state index >= 15 is 0 Å². The first kappa shape index (κ1) is 16.0. The van der Waals surface area contributed by atoms with Crippen LogP contribution in [0.1, 0.15) is 30.2 Å². The van der Waals surface area contributed by atoms with Crippen molar-refractivity contribution < 1.29 is 9.84 Å². The molecule has 1 aromatic heterocycles. The number of aliphatic hydroxyl groups excluding tert-OH is 1. The molecule has 2 aromatic rings. The van der Waals surface area contributed by atoms with Gasteiger partial charge in [-0.25, -0.2) is 0 Å². The molecule has 0 saturated carbocycles. The standard InChI is InChI=1S/C17H23NO2S/c1-13(2)14-5-3-6-15(9-14)18-10-16(19)11-20-12-17-7-4-8-21-17/h3-9,13,16,18-19H,10-12H2,1-2H3. The second-order valence-corrected chi connectivity index (χ2v) is 6.44. The molecule has 4 heteroatoms. The lowest BCUT2D eigenvalue weighted by molar-refractivity contribution is 0.0359. The number of anilines is 1. The number of nitrogens with one attached hydrogen (secondary N) is 1. The number of rotatable bonds is 8. The van der Waals surface area contributed by atoms with E-state index in [4.69, 9.17) is 4.74 Å². The second-order valence-electron chi connectivity index (χ2n) is 5.41. The Balaban J connectivity index is 1.70. The Labute approximate surface area is 130 Å². The van der Waals surface area contributed by atoms with E-state index in [-0.39, 0.29) is 0 Å². The Morgan fingerprint density at radius 2 is 2.10 bits per heavy atom. The van der Waals surface area contributed by atoms with Crippen LogP contribution in [0.25, 0.3) is 0 Å². The van der Waals surface area contributed by atoms with E-state index in [1.807, 2.05) is 29.6 Å². The highest BCUT2D eigenvalue weighted by molar-refractivity contribution is 7.09. The van der Waals surface area contributed by atoms with Crippen LogP contribution in [0.5, 0.6) is 0 Å². The van der Waals surface area contributed by atoms with Crippen LogP contribution in [-0.4, -0.2) is 24.4 Å². The van der Waals surface area contributed by atoms with Gasteiger partial charge in [-0.2, -0.15) is 0 Å². The normalized spacial score (nSPS) is 12.6. The van der Waals surface area contributed by atoms with Crippen molar-refractivity contribution in [1.29, 1.82) is 0 Å². The van der Waals surface area contributed by atoms with E-state index in [0.29, 0.717) is 25.7 Å². The minimum atomic E-state index is -0.507. The minimum Gasteiger partial charge on any atom is -0.389 e. The highest BCUT2D eigenvalue weighted by Crippen LogP contribution is 2.18. The van der Waals surface area contributed by atoms with E-state index in [9.17, 15) is 5.11 Å². The average Bonchev–Trinajstić information content (AvgIpc) is 2.99. The van der Waals surface area contributed by atoms with Gasteiger partial charge in [0.05, 0.1) is 19.3 Å². The first-order chi connectivity index (χ1) is 10.1. The summed E-state index contributed by atoms with van der Waals surface area (Å²) in [4.78, 5) is 1.18. The lowest BCUT2D eigenvalue weighted by Crippen LogP contribution is -2.24. The molecule has 0 bridgehead atoms. The lowest BCUT2D eigenvalue weighted by Gasteiger charge is -2.14. The fourth-order valence-electron chi connectivity index (χ4n) is 1.99. The van der Waals surface area contributed by atoms with Gasteiger partial charge in [0.2, 0.25) is 0 Å². The zero-order chi connectivity index (χ0) is 15.1. The van der Waals surface area contributed by atoms with E-state index in [1.165, 1.54) is 10.4 Å². The lowest BCUT2D eigenvalue weighted by atomic mass is 10.0. The number of aliphatic hydroxyl groups is 1. The van der Waals surface area contributed by atoms with E-state index in [0.717, 1.165) is 5.69 Å². The molecule has 3 nitrogen and oxygen atoms in total. The largest absolute Gasteiger partial charge is 0.389 e. The van der Waals surface area contributed by atoms with Gasteiger partial charge in [-0.3, -0.25) is 0 Å². The number of hydrogen-bond donors (Lipinski definition) is 2. The summed E-state index contributed by atoms with van der Waals surface area (Å²) >= 11 is 1.67. The highest BCUT2D eigenvalue weighted by Gasteiger charge is 2.06. The van der Waals surface area contributed by atoms with Gasteiger partial charge in [-0.05, 0) is 35.1 Å². The molecular formula is C17H23NO2S. The van der Waals surface area contributed by atoms with E-state index in [1.54, 1.807) is 11.3 Å². The van der Waals surface area contributed by atoms with Gasteiger partial charge < -0.3 is 15.2 Å². The Hall–Kier alpha value is -1.36. The monoisotopic (exact) mass is 305 g/mol. The number of thiophene rings is 1. The molecule has 21 heavy (non-hydrogen) atoms. The maximum atomic E-state index is 9.93. The fourth-order valence-corrected chi connectivity index (χ4v) is 2.63. The predicted molar refractivity (Wildman–Crippen MR) is 89.0 cm³/mol. The molecule has 0 aliphatic heterocycles. The quantitative estimate of drug-likeness (QED) is 0.778. The maximum Gasteiger partial charge on any atom is 0.0945 e. The molecule has 0 aliphatic carbocycles. The van der Waals surface area contributed by atoms with Crippen molar-refractivity contribution in [3.8, 4) is 0 Å². The van der Waals surface area contributed by atoms with Gasteiger partial charge in [0.25, 0.3) is 0 Å². The summed E-state index contributed by atoms with van der Waals surface area (Å²) in [7, 11) is 0. The van der Waals surface area contributed by atoms with Crippen molar-refractivity contribution in [2.45, 2.75) is 32.5 Å². The summed E-state index contributed by atoms with van der Waals surface area (Å²) in [6.45, 7) is 5.75. The third kappa shape index (κ3) is 5.50. The number of ether oxygens (including phenoxy) is 1. The van der Waals surface area contributed by atoms with Crippen molar-refractivity contribution >= 4 is 17.0 Å². The zero-order valence-corrected chi connectivity index (χ0v) is 13.4. The Kier molecular flexibility index (Phi) is 6.23. The second kappa shape index (κ2) is 8.17. The van der Waals surface area contributed by atoms with Crippen LogP contribution in [0, 0.1) is 0 Å². The molecule has 0 saturated heterocycles. The number of hydrogen-bond acceptors (Lipinski definition) is 4. The highest BCUT2D eigenvalue weighted by atomic mass is 32.1. The van der Waals surface area contributed by atoms with Crippen molar-refractivity contribution in [1.82, 2.24) is 0 Å². The molecule has 2 N–H and O–H groups in total. The molecule has 1 atom stereocenters. The minimum absolute atomic E-state index is 0.342. The van der Waals surface area contributed by atoms with Gasteiger partial charge in [-0.15, -0.1) is 11.3 Å². The summed E-state index contributed by atoms with van der Waals surface area (Å²) in [6.07, 6.45) is -0.507. The van der Waals surface area contributed by atoms with Crippen LogP contribution in [0.15, 0.2) is 41.8 Å². The molecule has 1 heterocycles. The third-order valence-electron chi connectivity index (χ3n) is 3.23. The van der Waals surface area contributed by atoms with Crippen LogP contribution in [-0.2, 0) is 11.3 Å². The molecule has 114 valence electrons. The van der Waals surface area contributed by atoms with Gasteiger partial charge in [-0.1, -0.05) is 32.0 Å². The first-order valence-corrected chi connectivity index (χ1v) is 8.15. The average molecular weight is 305 g/mol. The molecule has 1 aromatic carbocycles. The van der Waals surface area contributed by atoms with Crippen molar-refractivity contribution in [3.63, 3.8) is 0 Å². The molecular weight excluding hydrogens is 282 g/mol. The van der Waals surface area contributed by atoms with Gasteiger partial charge in [0, 0.05) is 17.1 Å². The van der Waals surface area contributed by atoms with Crippen LogP contribution in [0.3, 0.4) is 0 Å².